The molecule has 0 atom stereocenters. The maximum absolute atomic E-state index is 2.90. The molecule has 4 heavy (non-hydrogen) atoms. The Bertz CT molecular complexity index is 27.0. The Morgan fingerprint density at radius 3 is 1.25 bits per heavy atom. The summed E-state index contributed by atoms with van der Waals surface area (Å²) in [5, 5.41) is 0. The van der Waals surface area contributed by atoms with E-state index in [1.165, 1.54) is 0 Å². The molecule has 0 amide bonds. The molecule has 0 aliphatic carbocycles. The van der Waals surface area contributed by atoms with Gasteiger partial charge < -0.3 is 6.15 Å². The van der Waals surface area contributed by atoms with Crippen LogP contribution in [0.4, 0.5) is 0 Å². The van der Waals surface area contributed by atoms with Crippen LogP contribution < -0.4 is 0 Å². The Morgan fingerprint density at radius 1 is 1.25 bits per heavy atom. The Morgan fingerprint density at radius 2 is 1.25 bits per heavy atom. The molecule has 0 bridgehead atoms. The molecule has 0 spiro atoms. The number of hydrogen-bond acceptors (Lipinski definition) is 0. The number of hydrogen-bond donors (Lipinski definition) is 0. The van der Waals surface area contributed by atoms with Gasteiger partial charge in [-0.2, -0.15) is 0 Å². The van der Waals surface area contributed by atoms with Crippen molar-refractivity contribution in [2.75, 3.05) is 0 Å². The Balaban J connectivity index is 0. The Kier molecular flexibility index (Phi) is 20.2. The van der Waals surface area contributed by atoms with Crippen LogP contribution in [0.3, 0.4) is 0 Å². The van der Waals surface area contributed by atoms with E-state index in [1.807, 2.05) is 0 Å². The van der Waals surface area contributed by atoms with E-state index < -0.39 is 0 Å². The zero-order valence-electron chi connectivity index (χ0n) is 1.77. The van der Waals surface area contributed by atoms with Crippen LogP contribution in [0.1, 0.15) is 0 Å². The summed E-state index contributed by atoms with van der Waals surface area (Å²) >= 11 is 5.89. The molecule has 0 aromatic heterocycles. The number of nitrogens with two attached hydrogens (primary N) is 1. The van der Waals surface area contributed by atoms with E-state index in [4.69, 9.17) is 0 Å². The fraction of sp³-hybridized carbons (Fsp3) is 0. The molecule has 0 saturated carbocycles. The third-order valence-electron chi connectivity index (χ3n) is 0. The zero-order chi connectivity index (χ0) is 2.71. The van der Waals surface area contributed by atoms with Gasteiger partial charge >= 0.3 is 38.7 Å². The van der Waals surface area contributed by atoms with Gasteiger partial charge in [-0.1, -0.05) is 0 Å². The average molecular weight is 360 g/mol. The van der Waals surface area contributed by atoms with E-state index in [9.17, 15) is 0 Å². The van der Waals surface area contributed by atoms with Gasteiger partial charge in [0.05, 0.1) is 0 Å². The van der Waals surface area contributed by atoms with Crippen molar-refractivity contribution >= 4 is 25.9 Å². The molecule has 0 radical (unpaired) electrons. The van der Waals surface area contributed by atoms with Crippen molar-refractivity contribution in [2.45, 2.75) is 0 Å². The summed E-state index contributed by atoms with van der Waals surface area (Å²) in [6.45, 7) is 0. The molecular weight excluding hydrogens is 358 g/mol. The van der Waals surface area contributed by atoms with Crippen LogP contribution >= 0.6 is 0 Å². The Labute approximate surface area is 44.6 Å². The SMILES string of the molecule is [NH2-].[Se]=[Re]=[Se]. The third-order valence-corrected chi connectivity index (χ3v) is 0. The molecule has 0 saturated heterocycles. The van der Waals surface area contributed by atoms with Gasteiger partial charge in [-0.3, -0.25) is 0 Å². The van der Waals surface area contributed by atoms with E-state index in [1.54, 1.807) is 0 Å². The first-order chi connectivity index (χ1) is 1.41. The van der Waals surface area contributed by atoms with Crippen LogP contribution in [0.2, 0.25) is 0 Å². The fourth-order valence-electron chi connectivity index (χ4n) is 0. The summed E-state index contributed by atoms with van der Waals surface area (Å²) < 4.78 is 0. The predicted molar refractivity (Wildman–Crippen MR) is 16.8 cm³/mol. The van der Waals surface area contributed by atoms with Gasteiger partial charge in [-0.15, -0.1) is 0 Å². The molecule has 0 fully saturated rings. The molecule has 0 rings (SSSR count). The first-order valence-corrected chi connectivity index (χ1v) is 13.1. The first kappa shape index (κ1) is 9.18. The molecular formula is H2NReSe2-. The van der Waals surface area contributed by atoms with Crippen molar-refractivity contribution in [1.29, 1.82) is 0 Å². The van der Waals surface area contributed by atoms with Gasteiger partial charge in [0, 0.05) is 0 Å². The zero-order valence-corrected chi connectivity index (χ0v) is 7.91. The van der Waals surface area contributed by atoms with E-state index in [2.05, 4.69) is 25.9 Å². The summed E-state index contributed by atoms with van der Waals surface area (Å²) in [5.41, 5.74) is 0. The van der Waals surface area contributed by atoms with E-state index in [0.717, 1.165) is 0 Å². The van der Waals surface area contributed by atoms with Gasteiger partial charge in [-0.05, 0) is 0 Å². The summed E-state index contributed by atoms with van der Waals surface area (Å²) in [5.74, 6) is 0. The quantitative estimate of drug-likeness (QED) is 0.543. The molecule has 0 aromatic rings. The predicted octanol–water partition coefficient (Wildman–Crippen LogP) is -0.0470. The van der Waals surface area contributed by atoms with Crippen LogP contribution in [0.15, 0.2) is 0 Å². The monoisotopic (exact) mass is 363 g/mol. The van der Waals surface area contributed by atoms with Gasteiger partial charge in [0.25, 0.3) is 0 Å². The summed E-state index contributed by atoms with van der Waals surface area (Å²) in [4.78, 5) is 0. The summed E-state index contributed by atoms with van der Waals surface area (Å²) in [6, 6.07) is 0. The van der Waals surface area contributed by atoms with Crippen LogP contribution in [-0.2, 0) is 12.8 Å². The minimum atomic E-state index is 0. The van der Waals surface area contributed by atoms with E-state index in [-0.39, 0.29) is 18.9 Å². The van der Waals surface area contributed by atoms with Crippen LogP contribution in [0.25, 0.3) is 6.15 Å². The van der Waals surface area contributed by atoms with Crippen molar-refractivity contribution in [3.05, 3.63) is 6.15 Å². The van der Waals surface area contributed by atoms with Gasteiger partial charge in [0.15, 0.2) is 0 Å². The van der Waals surface area contributed by atoms with E-state index in [0.29, 0.717) is 0 Å². The number of rotatable bonds is 0. The van der Waals surface area contributed by atoms with Gasteiger partial charge in [0.1, 0.15) is 0 Å². The first-order valence-electron chi connectivity index (χ1n) is 0.309. The second-order valence-corrected chi connectivity index (χ2v) is 13.9. The minimum absolute atomic E-state index is 0. The Hall–Kier alpha value is 1.66. The topological polar surface area (TPSA) is 33.5 Å². The third kappa shape index (κ3) is 9.40. The molecule has 0 aromatic carbocycles. The van der Waals surface area contributed by atoms with Gasteiger partial charge in [0.2, 0.25) is 0 Å². The normalized spacial score (nSPS) is 3.00. The molecule has 4 heteroatoms. The molecule has 0 aliphatic rings. The van der Waals surface area contributed by atoms with Crippen LogP contribution in [-0.4, -0.2) is 25.9 Å². The van der Waals surface area contributed by atoms with E-state index >= 15 is 0 Å². The standard InChI is InChI=1S/H2N.Re.2Se/h1H2;;;/q-1;;;. The summed E-state index contributed by atoms with van der Waals surface area (Å²) in [6.07, 6.45) is 0. The molecule has 1 nitrogen and oxygen atoms in total. The van der Waals surface area contributed by atoms with Crippen LogP contribution in [0.5, 0.6) is 0 Å². The molecule has 0 unspecified atom stereocenters. The van der Waals surface area contributed by atoms with Crippen molar-refractivity contribution in [3.63, 3.8) is 0 Å². The maximum atomic E-state index is 2.90. The fourth-order valence-corrected chi connectivity index (χ4v) is 0. The molecule has 2 N–H and O–H groups in total. The molecule has 27 valence electrons. The van der Waals surface area contributed by atoms with Crippen molar-refractivity contribution < 1.29 is 12.8 Å². The van der Waals surface area contributed by atoms with Gasteiger partial charge in [-0.25, -0.2) is 0 Å². The average Bonchev–Trinajstić information content (AvgIpc) is 0.918. The van der Waals surface area contributed by atoms with Crippen molar-refractivity contribution in [1.82, 2.24) is 0 Å². The van der Waals surface area contributed by atoms with Crippen molar-refractivity contribution in [2.24, 2.45) is 0 Å². The second-order valence-electron chi connectivity index (χ2n) is 0.0630. The second kappa shape index (κ2) is 8.82. The molecule has 0 heterocycles. The molecule has 0 aliphatic heterocycles. The van der Waals surface area contributed by atoms with Crippen molar-refractivity contribution in [3.8, 4) is 0 Å². The van der Waals surface area contributed by atoms with Crippen LogP contribution in [0, 0.1) is 0 Å². The summed E-state index contributed by atoms with van der Waals surface area (Å²) in [7, 11) is 0.